The van der Waals surface area contributed by atoms with E-state index in [0.29, 0.717) is 5.92 Å². The maximum absolute atomic E-state index is 7.41. The molecule has 1 nitrogen and oxygen atoms in total. The molecule has 3 rings (SSSR count). The number of nitrogens with one attached hydrogen (secondary N) is 1. The van der Waals surface area contributed by atoms with Crippen LogP contribution >= 0.6 is 0 Å². The van der Waals surface area contributed by atoms with Crippen LogP contribution in [0.3, 0.4) is 0 Å². The van der Waals surface area contributed by atoms with Crippen LogP contribution in [0.5, 0.6) is 0 Å². The number of hydrogen-bond acceptors (Lipinski definition) is 1. The van der Waals surface area contributed by atoms with Crippen LogP contribution in [0.25, 0.3) is 10.8 Å². The average molecular weight is 181 g/mol. The van der Waals surface area contributed by atoms with Crippen LogP contribution in [0.2, 0.25) is 0 Å². The molecule has 1 aliphatic carbocycles. The lowest BCUT2D eigenvalue weighted by atomic mass is 10.0. The largest absolute Gasteiger partial charge is 0.312 e. The van der Waals surface area contributed by atoms with E-state index in [-0.39, 0.29) is 0 Å². The molecule has 1 heteroatoms. The highest BCUT2D eigenvalue weighted by Gasteiger charge is 2.21. The van der Waals surface area contributed by atoms with Crippen molar-refractivity contribution in [1.82, 2.24) is 0 Å². The Morgan fingerprint density at radius 1 is 1.14 bits per heavy atom. The molecule has 1 aliphatic rings. The molecule has 0 saturated heterocycles. The Morgan fingerprint density at radius 2 is 1.93 bits per heavy atom. The summed E-state index contributed by atoms with van der Waals surface area (Å²) in [5.74, 6) is 0.302. The second-order valence-corrected chi connectivity index (χ2v) is 3.84. The van der Waals surface area contributed by atoms with E-state index in [1.807, 2.05) is 0 Å². The highest BCUT2D eigenvalue weighted by molar-refractivity contribution is 5.94. The van der Waals surface area contributed by atoms with Gasteiger partial charge in [0.2, 0.25) is 0 Å². The lowest BCUT2D eigenvalue weighted by molar-refractivity contribution is 0.942. The van der Waals surface area contributed by atoms with Gasteiger partial charge in [-0.15, -0.1) is 0 Å². The van der Waals surface area contributed by atoms with Crippen molar-refractivity contribution in [3.63, 3.8) is 0 Å². The van der Waals surface area contributed by atoms with Crippen molar-refractivity contribution in [2.75, 3.05) is 0 Å². The second kappa shape index (κ2) is 2.68. The van der Waals surface area contributed by atoms with Gasteiger partial charge in [-0.25, -0.2) is 0 Å². The van der Waals surface area contributed by atoms with Crippen LogP contribution in [0.15, 0.2) is 36.4 Å². The molecule has 68 valence electrons. The van der Waals surface area contributed by atoms with Crippen molar-refractivity contribution in [3.05, 3.63) is 47.5 Å². The van der Waals surface area contributed by atoms with E-state index < -0.39 is 0 Å². The van der Waals surface area contributed by atoms with Crippen molar-refractivity contribution in [1.29, 1.82) is 5.41 Å². The van der Waals surface area contributed by atoms with Crippen molar-refractivity contribution in [3.8, 4) is 0 Å². The van der Waals surface area contributed by atoms with E-state index in [2.05, 4.69) is 36.4 Å². The van der Waals surface area contributed by atoms with E-state index in [4.69, 9.17) is 5.41 Å². The van der Waals surface area contributed by atoms with Gasteiger partial charge in [-0.2, -0.15) is 0 Å². The third kappa shape index (κ3) is 0.869. The van der Waals surface area contributed by atoms with Crippen LogP contribution in [-0.4, -0.2) is 6.21 Å². The highest BCUT2D eigenvalue weighted by atomic mass is 14.4. The fourth-order valence-corrected chi connectivity index (χ4v) is 2.42. The molecule has 0 saturated carbocycles. The van der Waals surface area contributed by atoms with Crippen molar-refractivity contribution in [2.45, 2.75) is 12.3 Å². The smallest absolute Gasteiger partial charge is 0.0233 e. The second-order valence-electron chi connectivity index (χ2n) is 3.84. The first-order valence-corrected chi connectivity index (χ1v) is 4.91. The molecule has 0 bridgehead atoms. The lowest BCUT2D eigenvalue weighted by Crippen LogP contribution is -1.95. The molecule has 1 unspecified atom stereocenters. The summed E-state index contributed by atoms with van der Waals surface area (Å²) < 4.78 is 0. The van der Waals surface area contributed by atoms with E-state index >= 15 is 0 Å². The lowest BCUT2D eigenvalue weighted by Gasteiger charge is -2.03. The summed E-state index contributed by atoms with van der Waals surface area (Å²) >= 11 is 0. The zero-order valence-corrected chi connectivity index (χ0v) is 7.83. The predicted molar refractivity (Wildman–Crippen MR) is 59.2 cm³/mol. The Hall–Kier alpha value is -1.63. The van der Waals surface area contributed by atoms with Gasteiger partial charge in [-0.1, -0.05) is 36.4 Å². The molecule has 0 fully saturated rings. The molecule has 0 aliphatic heterocycles. The molecular formula is C13H11N. The molecule has 0 aromatic heterocycles. The topological polar surface area (TPSA) is 23.9 Å². The normalized spacial score (nSPS) is 18.7. The molecule has 2 aromatic rings. The molecular weight excluding hydrogens is 170 g/mol. The minimum absolute atomic E-state index is 0.302. The van der Waals surface area contributed by atoms with Gasteiger partial charge in [0.1, 0.15) is 0 Å². The fourth-order valence-electron chi connectivity index (χ4n) is 2.42. The number of benzene rings is 2. The van der Waals surface area contributed by atoms with Gasteiger partial charge in [0.15, 0.2) is 0 Å². The first kappa shape index (κ1) is 7.74. The van der Waals surface area contributed by atoms with Crippen LogP contribution in [0.1, 0.15) is 17.0 Å². The van der Waals surface area contributed by atoms with Crippen molar-refractivity contribution in [2.24, 2.45) is 0 Å². The van der Waals surface area contributed by atoms with Crippen LogP contribution in [0.4, 0.5) is 0 Å². The minimum Gasteiger partial charge on any atom is -0.312 e. The molecule has 0 amide bonds. The number of hydrogen-bond donors (Lipinski definition) is 1. The summed E-state index contributed by atoms with van der Waals surface area (Å²) in [7, 11) is 0. The van der Waals surface area contributed by atoms with Gasteiger partial charge in [0, 0.05) is 12.1 Å². The fraction of sp³-hybridized carbons (Fsp3) is 0.154. The van der Waals surface area contributed by atoms with E-state index in [1.165, 1.54) is 21.9 Å². The summed E-state index contributed by atoms with van der Waals surface area (Å²) in [5.41, 5.74) is 2.72. The minimum atomic E-state index is 0.302. The van der Waals surface area contributed by atoms with Crippen LogP contribution in [0, 0.1) is 5.41 Å². The molecule has 2 aromatic carbocycles. The zero-order valence-electron chi connectivity index (χ0n) is 7.83. The predicted octanol–water partition coefficient (Wildman–Crippen LogP) is 3.13. The average Bonchev–Trinajstić information content (AvgIpc) is 2.60. The Bertz CT molecular complexity index is 508. The molecule has 0 heterocycles. The maximum atomic E-state index is 7.41. The summed E-state index contributed by atoms with van der Waals surface area (Å²) in [4.78, 5) is 0. The van der Waals surface area contributed by atoms with Gasteiger partial charge in [0.05, 0.1) is 0 Å². The Balaban J connectivity index is 2.43. The molecule has 0 radical (unpaired) electrons. The third-order valence-corrected chi connectivity index (χ3v) is 3.06. The molecule has 14 heavy (non-hydrogen) atoms. The summed E-state index contributed by atoms with van der Waals surface area (Å²) in [5, 5.41) is 10.1. The number of rotatable bonds is 1. The van der Waals surface area contributed by atoms with E-state index in [1.54, 1.807) is 6.21 Å². The Kier molecular flexibility index (Phi) is 1.48. The molecule has 1 atom stereocenters. The van der Waals surface area contributed by atoms with Gasteiger partial charge >= 0.3 is 0 Å². The quantitative estimate of drug-likeness (QED) is 0.653. The first-order chi connectivity index (χ1) is 6.90. The van der Waals surface area contributed by atoms with Crippen LogP contribution < -0.4 is 0 Å². The third-order valence-electron chi connectivity index (χ3n) is 3.06. The first-order valence-electron chi connectivity index (χ1n) is 4.91. The van der Waals surface area contributed by atoms with E-state index in [9.17, 15) is 0 Å². The van der Waals surface area contributed by atoms with Gasteiger partial charge in [-0.05, 0) is 28.3 Å². The van der Waals surface area contributed by atoms with E-state index in [0.717, 1.165) is 6.42 Å². The summed E-state index contributed by atoms with van der Waals surface area (Å²) in [6.45, 7) is 0. The van der Waals surface area contributed by atoms with Gasteiger partial charge in [0.25, 0.3) is 0 Å². The van der Waals surface area contributed by atoms with Crippen LogP contribution in [-0.2, 0) is 6.42 Å². The standard InChI is InChI=1S/C13H11N/c14-8-11-7-10-5-1-3-9-4-2-6-12(11)13(9)10/h1-6,8,11,14H,7H2. The monoisotopic (exact) mass is 181 g/mol. The van der Waals surface area contributed by atoms with Gasteiger partial charge in [-0.3, -0.25) is 0 Å². The maximum Gasteiger partial charge on any atom is 0.0233 e. The van der Waals surface area contributed by atoms with Gasteiger partial charge < -0.3 is 5.41 Å². The Morgan fingerprint density at radius 3 is 2.71 bits per heavy atom. The van der Waals surface area contributed by atoms with Crippen molar-refractivity contribution < 1.29 is 0 Å². The highest BCUT2D eigenvalue weighted by Crippen LogP contribution is 2.36. The SMILES string of the molecule is N=CC1Cc2cccc3cccc1c23. The molecule has 0 spiro atoms. The summed E-state index contributed by atoms with van der Waals surface area (Å²) in [6.07, 6.45) is 2.56. The summed E-state index contributed by atoms with van der Waals surface area (Å²) in [6, 6.07) is 12.8. The zero-order chi connectivity index (χ0) is 9.54. The Labute approximate surface area is 82.9 Å². The van der Waals surface area contributed by atoms with Crippen molar-refractivity contribution >= 4 is 17.0 Å². The molecule has 1 N–H and O–H groups in total.